The van der Waals surface area contributed by atoms with Gasteiger partial charge in [0.1, 0.15) is 5.75 Å². The highest BCUT2D eigenvalue weighted by Gasteiger charge is 2.08. The van der Waals surface area contributed by atoms with E-state index in [0.29, 0.717) is 21.0 Å². The number of rotatable bonds is 5. The molecule has 0 fully saturated rings. The first-order valence-electron chi connectivity index (χ1n) is 5.92. The highest BCUT2D eigenvalue weighted by atomic mass is 79.9. The molecule has 0 aliphatic carbocycles. The van der Waals surface area contributed by atoms with Gasteiger partial charge >= 0.3 is 5.97 Å². The Kier molecular flexibility index (Phi) is 5.78. The van der Waals surface area contributed by atoms with Crippen molar-refractivity contribution >= 4 is 50.5 Å². The van der Waals surface area contributed by atoms with Crippen molar-refractivity contribution in [2.24, 2.45) is 5.16 Å². The van der Waals surface area contributed by atoms with E-state index >= 15 is 0 Å². The third kappa shape index (κ3) is 4.84. The topological polar surface area (TPSA) is 47.9 Å². The molecule has 0 bridgehead atoms. The van der Waals surface area contributed by atoms with Crippen LogP contribution in [0.5, 0.6) is 5.75 Å². The largest absolute Gasteiger partial charge is 0.481 e. The Balaban J connectivity index is 1.86. The maximum absolute atomic E-state index is 11.6. The first-order chi connectivity index (χ1) is 10.1. The number of carbonyl (C=O) groups is 1. The van der Waals surface area contributed by atoms with Crippen LogP contribution < -0.4 is 4.74 Å². The quantitative estimate of drug-likeness (QED) is 0.430. The van der Waals surface area contributed by atoms with Crippen molar-refractivity contribution in [3.63, 3.8) is 0 Å². The number of hydrogen-bond acceptors (Lipinski definition) is 5. The van der Waals surface area contributed by atoms with Crippen LogP contribution in [-0.4, -0.2) is 18.3 Å². The van der Waals surface area contributed by atoms with E-state index in [-0.39, 0.29) is 6.61 Å². The van der Waals surface area contributed by atoms with E-state index in [1.54, 1.807) is 25.1 Å². The summed E-state index contributed by atoms with van der Waals surface area (Å²) in [5.74, 6) is -0.0666. The molecule has 0 amide bonds. The fourth-order valence-electron chi connectivity index (χ4n) is 1.40. The van der Waals surface area contributed by atoms with E-state index in [9.17, 15) is 4.79 Å². The molecule has 2 rings (SSSR count). The van der Waals surface area contributed by atoms with E-state index in [2.05, 4.69) is 21.1 Å². The minimum Gasteiger partial charge on any atom is -0.481 e. The van der Waals surface area contributed by atoms with Crippen LogP contribution >= 0.6 is 38.9 Å². The van der Waals surface area contributed by atoms with Gasteiger partial charge in [0.25, 0.3) is 0 Å². The Morgan fingerprint density at radius 1 is 1.43 bits per heavy atom. The van der Waals surface area contributed by atoms with Crippen molar-refractivity contribution in [3.05, 3.63) is 50.1 Å². The van der Waals surface area contributed by atoms with Crippen LogP contribution in [0.2, 0.25) is 5.02 Å². The van der Waals surface area contributed by atoms with Gasteiger partial charge in [0.15, 0.2) is 6.61 Å². The minimum atomic E-state index is -0.576. The van der Waals surface area contributed by atoms with E-state index in [0.717, 1.165) is 4.88 Å². The molecule has 21 heavy (non-hydrogen) atoms. The Hall–Kier alpha value is -1.37. The molecule has 1 aromatic carbocycles. The monoisotopic (exact) mass is 387 g/mol. The number of halogens is 2. The van der Waals surface area contributed by atoms with Gasteiger partial charge < -0.3 is 9.57 Å². The Morgan fingerprint density at radius 3 is 2.90 bits per heavy atom. The first-order valence-corrected chi connectivity index (χ1v) is 7.97. The summed E-state index contributed by atoms with van der Waals surface area (Å²) in [6, 6.07) is 8.83. The standard InChI is InChI=1S/C14H11BrClNO3S/c1-9(13-3-2-6-21-13)17-20-14(18)8-19-12-5-4-10(16)7-11(12)15/h2-7H,8H2,1H3. The smallest absolute Gasteiger partial charge is 0.372 e. The summed E-state index contributed by atoms with van der Waals surface area (Å²) in [6.07, 6.45) is 0. The van der Waals surface area contributed by atoms with Gasteiger partial charge in [-0.1, -0.05) is 22.8 Å². The predicted octanol–water partition coefficient (Wildman–Crippen LogP) is 4.51. The van der Waals surface area contributed by atoms with E-state index in [4.69, 9.17) is 21.2 Å². The number of ether oxygens (including phenoxy) is 1. The zero-order chi connectivity index (χ0) is 15.2. The highest BCUT2D eigenvalue weighted by Crippen LogP contribution is 2.27. The molecule has 2 aromatic rings. The summed E-state index contributed by atoms with van der Waals surface area (Å²) >= 11 is 10.6. The zero-order valence-corrected chi connectivity index (χ0v) is 14.2. The summed E-state index contributed by atoms with van der Waals surface area (Å²) in [5.41, 5.74) is 0.644. The van der Waals surface area contributed by atoms with E-state index in [1.165, 1.54) is 11.3 Å². The maximum Gasteiger partial charge on any atom is 0.372 e. The van der Waals surface area contributed by atoms with Crippen molar-refractivity contribution in [1.82, 2.24) is 0 Å². The van der Waals surface area contributed by atoms with Crippen LogP contribution in [0.1, 0.15) is 11.8 Å². The number of hydrogen-bond donors (Lipinski definition) is 0. The van der Waals surface area contributed by atoms with E-state index < -0.39 is 5.97 Å². The SMILES string of the molecule is CC(=NOC(=O)COc1ccc(Cl)cc1Br)c1cccs1. The molecule has 0 aliphatic heterocycles. The van der Waals surface area contributed by atoms with Gasteiger partial charge in [-0.2, -0.15) is 0 Å². The van der Waals surface area contributed by atoms with Crippen LogP contribution in [0.25, 0.3) is 0 Å². The predicted molar refractivity (Wildman–Crippen MR) is 87.3 cm³/mol. The normalized spacial score (nSPS) is 11.3. The summed E-state index contributed by atoms with van der Waals surface area (Å²) in [4.78, 5) is 17.3. The fraction of sp³-hybridized carbons (Fsp3) is 0.143. The molecule has 0 saturated carbocycles. The number of benzene rings is 1. The molecule has 7 heteroatoms. The molecule has 0 N–H and O–H groups in total. The van der Waals surface area contributed by atoms with Crippen LogP contribution in [0, 0.1) is 0 Å². The molecule has 0 unspecified atom stereocenters. The lowest BCUT2D eigenvalue weighted by Gasteiger charge is -2.06. The average molecular weight is 389 g/mol. The molecule has 0 radical (unpaired) electrons. The van der Waals surface area contributed by atoms with Gasteiger partial charge in [0.05, 0.1) is 15.1 Å². The van der Waals surface area contributed by atoms with Crippen LogP contribution in [0.4, 0.5) is 0 Å². The highest BCUT2D eigenvalue weighted by molar-refractivity contribution is 9.10. The van der Waals surface area contributed by atoms with Crippen molar-refractivity contribution in [1.29, 1.82) is 0 Å². The van der Waals surface area contributed by atoms with Crippen LogP contribution in [-0.2, 0) is 9.63 Å². The van der Waals surface area contributed by atoms with E-state index in [1.807, 2.05) is 17.5 Å². The third-order valence-electron chi connectivity index (χ3n) is 2.40. The van der Waals surface area contributed by atoms with Crippen molar-refractivity contribution in [3.8, 4) is 5.75 Å². The molecule has 4 nitrogen and oxygen atoms in total. The van der Waals surface area contributed by atoms with Gasteiger partial charge in [-0.3, -0.25) is 0 Å². The van der Waals surface area contributed by atoms with Gasteiger partial charge in [0.2, 0.25) is 0 Å². The van der Waals surface area contributed by atoms with Crippen molar-refractivity contribution in [2.75, 3.05) is 6.61 Å². The van der Waals surface area contributed by atoms with Crippen molar-refractivity contribution in [2.45, 2.75) is 6.92 Å². The molecule has 0 saturated heterocycles. The summed E-state index contributed by atoms with van der Waals surface area (Å²) in [7, 11) is 0. The zero-order valence-electron chi connectivity index (χ0n) is 11.0. The van der Waals surface area contributed by atoms with Gasteiger partial charge in [-0.25, -0.2) is 4.79 Å². The lowest BCUT2D eigenvalue weighted by Crippen LogP contribution is -2.13. The van der Waals surface area contributed by atoms with Gasteiger partial charge in [-0.05, 0) is 52.5 Å². The molecule has 0 spiro atoms. The fourth-order valence-corrected chi connectivity index (χ4v) is 2.87. The molecular weight excluding hydrogens is 378 g/mol. The second kappa shape index (κ2) is 7.59. The molecule has 1 heterocycles. The Labute approximate surface area is 139 Å². The maximum atomic E-state index is 11.6. The lowest BCUT2D eigenvalue weighted by molar-refractivity contribution is -0.146. The third-order valence-corrected chi connectivity index (χ3v) is 4.24. The number of carbonyl (C=O) groups excluding carboxylic acids is 1. The van der Waals surface area contributed by atoms with Crippen LogP contribution in [0.15, 0.2) is 45.3 Å². The number of thiophene rings is 1. The number of nitrogens with zero attached hydrogens (tertiary/aromatic N) is 1. The Morgan fingerprint density at radius 2 is 2.24 bits per heavy atom. The second-order valence-corrected chi connectivity index (χ2v) is 6.22. The molecule has 110 valence electrons. The molecule has 0 atom stereocenters. The van der Waals surface area contributed by atoms with Gasteiger partial charge in [0, 0.05) is 5.02 Å². The average Bonchev–Trinajstić information content (AvgIpc) is 2.98. The summed E-state index contributed by atoms with van der Waals surface area (Å²) in [5, 5.41) is 6.28. The van der Waals surface area contributed by atoms with Gasteiger partial charge in [-0.15, -0.1) is 11.3 Å². The van der Waals surface area contributed by atoms with Crippen molar-refractivity contribution < 1.29 is 14.4 Å². The van der Waals surface area contributed by atoms with Crippen LogP contribution in [0.3, 0.4) is 0 Å². The molecular formula is C14H11BrClNO3S. The Bertz CT molecular complexity index is 658. The minimum absolute atomic E-state index is 0.235. The molecule has 0 aliphatic rings. The lowest BCUT2D eigenvalue weighted by atomic mass is 10.3. The number of oxime groups is 1. The summed E-state index contributed by atoms with van der Waals surface area (Å²) < 4.78 is 6.00. The summed E-state index contributed by atoms with van der Waals surface area (Å²) in [6.45, 7) is 1.54. The molecule has 1 aromatic heterocycles. The first kappa shape index (κ1) is 16.0. The second-order valence-electron chi connectivity index (χ2n) is 3.98.